The van der Waals surface area contributed by atoms with Crippen LogP contribution in [0.25, 0.3) is 0 Å². The monoisotopic (exact) mass is 352 g/mol. The van der Waals surface area contributed by atoms with E-state index in [0.29, 0.717) is 10.9 Å². The summed E-state index contributed by atoms with van der Waals surface area (Å²) in [4.78, 5) is 12.0. The summed E-state index contributed by atoms with van der Waals surface area (Å²) in [6.07, 6.45) is 0. The van der Waals surface area contributed by atoms with Gasteiger partial charge >= 0.3 is 0 Å². The SMILES string of the molecule is CC(C(=O)Nc1ccc(Cl)c(Br)c1)C1CNC1.Cl. The minimum absolute atomic E-state index is 0. The topological polar surface area (TPSA) is 41.1 Å². The molecule has 3 nitrogen and oxygen atoms in total. The molecule has 1 aromatic carbocycles. The van der Waals surface area contributed by atoms with Gasteiger partial charge in [-0.05, 0) is 53.1 Å². The van der Waals surface area contributed by atoms with Gasteiger partial charge in [-0.2, -0.15) is 0 Å². The first-order valence-electron chi connectivity index (χ1n) is 5.54. The molecule has 1 heterocycles. The number of rotatable bonds is 3. The largest absolute Gasteiger partial charge is 0.326 e. The maximum Gasteiger partial charge on any atom is 0.227 e. The second-order valence-electron chi connectivity index (χ2n) is 4.33. The van der Waals surface area contributed by atoms with Gasteiger partial charge in [0.1, 0.15) is 0 Å². The summed E-state index contributed by atoms with van der Waals surface area (Å²) < 4.78 is 0.787. The third kappa shape index (κ3) is 3.60. The van der Waals surface area contributed by atoms with Crippen LogP contribution in [-0.2, 0) is 4.79 Å². The van der Waals surface area contributed by atoms with Crippen molar-refractivity contribution in [2.24, 2.45) is 11.8 Å². The van der Waals surface area contributed by atoms with E-state index in [4.69, 9.17) is 11.6 Å². The smallest absolute Gasteiger partial charge is 0.227 e. The molecule has 1 fully saturated rings. The molecule has 0 radical (unpaired) electrons. The molecule has 0 aromatic heterocycles. The second kappa shape index (κ2) is 6.75. The van der Waals surface area contributed by atoms with Gasteiger partial charge in [0.25, 0.3) is 0 Å². The fourth-order valence-electron chi connectivity index (χ4n) is 1.71. The predicted molar refractivity (Wildman–Crippen MR) is 80.6 cm³/mol. The van der Waals surface area contributed by atoms with E-state index in [1.807, 2.05) is 13.0 Å². The zero-order chi connectivity index (χ0) is 12.4. The van der Waals surface area contributed by atoms with Crippen LogP contribution in [0, 0.1) is 11.8 Å². The fourth-order valence-corrected chi connectivity index (χ4v) is 2.20. The maximum atomic E-state index is 12.0. The van der Waals surface area contributed by atoms with Crippen molar-refractivity contribution in [3.8, 4) is 0 Å². The Balaban J connectivity index is 0.00000162. The summed E-state index contributed by atoms with van der Waals surface area (Å²) in [5, 5.41) is 6.71. The standard InChI is InChI=1S/C12H14BrClN2O.ClH/c1-7(8-5-15-6-8)12(17)16-9-2-3-11(14)10(13)4-9;/h2-4,7-8,15H,5-6H2,1H3,(H,16,17);1H. The molecule has 2 rings (SSSR count). The Morgan fingerprint density at radius 1 is 1.56 bits per heavy atom. The third-order valence-electron chi connectivity index (χ3n) is 3.12. The number of amides is 1. The summed E-state index contributed by atoms with van der Waals surface area (Å²) in [6.45, 7) is 3.82. The molecular weight excluding hydrogens is 339 g/mol. The van der Waals surface area contributed by atoms with Gasteiger partial charge in [0.15, 0.2) is 0 Å². The average molecular weight is 354 g/mol. The summed E-state index contributed by atoms with van der Waals surface area (Å²) in [6, 6.07) is 5.37. The molecule has 6 heteroatoms. The molecule has 0 bridgehead atoms. The molecule has 1 saturated heterocycles. The normalized spacial score (nSPS) is 16.4. The van der Waals surface area contributed by atoms with Crippen molar-refractivity contribution in [2.45, 2.75) is 6.92 Å². The molecule has 1 atom stereocenters. The zero-order valence-corrected chi connectivity index (χ0v) is 13.0. The van der Waals surface area contributed by atoms with E-state index in [0.717, 1.165) is 23.2 Å². The summed E-state index contributed by atoms with van der Waals surface area (Å²) in [5.74, 6) is 0.544. The van der Waals surface area contributed by atoms with Crippen molar-refractivity contribution in [3.05, 3.63) is 27.7 Å². The van der Waals surface area contributed by atoms with Crippen LogP contribution >= 0.6 is 39.9 Å². The molecule has 2 N–H and O–H groups in total. The molecule has 1 aliphatic heterocycles. The van der Waals surface area contributed by atoms with Gasteiger partial charge in [0, 0.05) is 16.1 Å². The van der Waals surface area contributed by atoms with E-state index in [-0.39, 0.29) is 24.2 Å². The van der Waals surface area contributed by atoms with Crippen LogP contribution < -0.4 is 10.6 Å². The average Bonchev–Trinajstić information content (AvgIpc) is 2.21. The Labute approximate surface area is 126 Å². The van der Waals surface area contributed by atoms with Gasteiger partial charge in [-0.15, -0.1) is 12.4 Å². The molecule has 0 saturated carbocycles. The van der Waals surface area contributed by atoms with Crippen LogP contribution in [0.4, 0.5) is 5.69 Å². The first-order chi connectivity index (χ1) is 8.08. The number of carbonyl (C=O) groups is 1. The maximum absolute atomic E-state index is 12.0. The second-order valence-corrected chi connectivity index (χ2v) is 5.59. The van der Waals surface area contributed by atoms with E-state index < -0.39 is 0 Å². The van der Waals surface area contributed by atoms with Gasteiger partial charge in [-0.25, -0.2) is 0 Å². The first kappa shape index (κ1) is 15.8. The lowest BCUT2D eigenvalue weighted by atomic mass is 9.88. The minimum atomic E-state index is 0. The number of carbonyl (C=O) groups excluding carboxylic acids is 1. The lowest BCUT2D eigenvalue weighted by molar-refractivity contribution is -0.121. The number of hydrogen-bond acceptors (Lipinski definition) is 2. The van der Waals surface area contributed by atoms with Crippen LogP contribution in [0.15, 0.2) is 22.7 Å². The molecule has 0 spiro atoms. The molecular formula is C12H15BrCl2N2O. The molecule has 100 valence electrons. The third-order valence-corrected chi connectivity index (χ3v) is 4.33. The quantitative estimate of drug-likeness (QED) is 0.875. The Morgan fingerprint density at radius 2 is 2.22 bits per heavy atom. The summed E-state index contributed by atoms with van der Waals surface area (Å²) >= 11 is 9.23. The van der Waals surface area contributed by atoms with Gasteiger partial charge in [-0.3, -0.25) is 4.79 Å². The summed E-state index contributed by atoms with van der Waals surface area (Å²) in [5.41, 5.74) is 0.769. The predicted octanol–water partition coefficient (Wildman–Crippen LogP) is 3.32. The molecule has 1 unspecified atom stereocenters. The van der Waals surface area contributed by atoms with Gasteiger partial charge in [0.05, 0.1) is 5.02 Å². The number of halogens is 3. The van der Waals surface area contributed by atoms with E-state index in [2.05, 4.69) is 26.6 Å². The Bertz CT molecular complexity index is 438. The minimum Gasteiger partial charge on any atom is -0.326 e. The van der Waals surface area contributed by atoms with E-state index in [1.165, 1.54) is 0 Å². The highest BCUT2D eigenvalue weighted by molar-refractivity contribution is 9.10. The number of nitrogens with one attached hydrogen (secondary N) is 2. The van der Waals surface area contributed by atoms with Crippen molar-refractivity contribution in [3.63, 3.8) is 0 Å². The Kier molecular flexibility index (Phi) is 5.92. The van der Waals surface area contributed by atoms with Gasteiger partial charge < -0.3 is 10.6 Å². The lowest BCUT2D eigenvalue weighted by Gasteiger charge is -2.31. The number of anilines is 1. The van der Waals surface area contributed by atoms with Crippen LogP contribution in [0.1, 0.15) is 6.92 Å². The summed E-state index contributed by atoms with van der Waals surface area (Å²) in [7, 11) is 0. The molecule has 1 aliphatic rings. The van der Waals surface area contributed by atoms with Crippen molar-refractivity contribution >= 4 is 51.5 Å². The lowest BCUT2D eigenvalue weighted by Crippen LogP contribution is -2.48. The van der Waals surface area contributed by atoms with Gasteiger partial charge in [-0.1, -0.05) is 18.5 Å². The molecule has 1 amide bonds. The molecule has 18 heavy (non-hydrogen) atoms. The van der Waals surface area contributed by atoms with Gasteiger partial charge in [0.2, 0.25) is 5.91 Å². The van der Waals surface area contributed by atoms with Crippen molar-refractivity contribution in [1.29, 1.82) is 0 Å². The highest BCUT2D eigenvalue weighted by Gasteiger charge is 2.28. The van der Waals surface area contributed by atoms with E-state index in [9.17, 15) is 4.79 Å². The molecule has 1 aromatic rings. The highest BCUT2D eigenvalue weighted by atomic mass is 79.9. The Morgan fingerprint density at radius 3 is 2.72 bits per heavy atom. The van der Waals surface area contributed by atoms with Crippen LogP contribution in [0.2, 0.25) is 5.02 Å². The number of hydrogen-bond donors (Lipinski definition) is 2. The molecule has 0 aliphatic carbocycles. The van der Waals surface area contributed by atoms with Crippen LogP contribution in [0.5, 0.6) is 0 Å². The van der Waals surface area contributed by atoms with E-state index in [1.54, 1.807) is 12.1 Å². The fraction of sp³-hybridized carbons (Fsp3) is 0.417. The van der Waals surface area contributed by atoms with Crippen LogP contribution in [0.3, 0.4) is 0 Å². The highest BCUT2D eigenvalue weighted by Crippen LogP contribution is 2.26. The van der Waals surface area contributed by atoms with Crippen molar-refractivity contribution in [2.75, 3.05) is 18.4 Å². The first-order valence-corrected chi connectivity index (χ1v) is 6.71. The van der Waals surface area contributed by atoms with Crippen molar-refractivity contribution < 1.29 is 4.79 Å². The van der Waals surface area contributed by atoms with Crippen molar-refractivity contribution in [1.82, 2.24) is 5.32 Å². The van der Waals surface area contributed by atoms with E-state index >= 15 is 0 Å². The number of benzene rings is 1. The Hall–Kier alpha value is -0.290. The zero-order valence-electron chi connectivity index (χ0n) is 9.87. The van der Waals surface area contributed by atoms with Crippen LogP contribution in [-0.4, -0.2) is 19.0 Å².